The maximum absolute atomic E-state index is 10.8. The summed E-state index contributed by atoms with van der Waals surface area (Å²) in [6.45, 7) is 5.88. The molecule has 0 spiro atoms. The number of unbranched alkanes of at least 4 members (excludes halogenated alkanes) is 11. The van der Waals surface area contributed by atoms with Crippen molar-refractivity contribution in [3.8, 4) is 0 Å². The predicted molar refractivity (Wildman–Crippen MR) is 97.5 cm³/mol. The molecule has 3 nitrogen and oxygen atoms in total. The predicted octanol–water partition coefficient (Wildman–Crippen LogP) is 5.56. The van der Waals surface area contributed by atoms with Crippen molar-refractivity contribution in [1.29, 1.82) is 0 Å². The van der Waals surface area contributed by atoms with Crippen LogP contribution in [0.2, 0.25) is 0 Å². The molecule has 0 amide bonds. The second kappa shape index (κ2) is 17.5. The lowest BCUT2D eigenvalue weighted by atomic mass is 10.0. The number of carbonyl (C=O) groups excluding carboxylic acids is 1. The number of hydrogen-bond acceptors (Lipinski definition) is 3. The summed E-state index contributed by atoms with van der Waals surface area (Å²) in [6.07, 6.45) is 18.1. The van der Waals surface area contributed by atoms with Gasteiger partial charge in [-0.05, 0) is 6.42 Å². The Morgan fingerprint density at radius 1 is 0.913 bits per heavy atom. The zero-order valence-electron chi connectivity index (χ0n) is 15.2. The van der Waals surface area contributed by atoms with E-state index in [1.165, 1.54) is 70.6 Å². The largest absolute Gasteiger partial charge is 0.462 e. The Morgan fingerprint density at radius 2 is 1.39 bits per heavy atom. The lowest BCUT2D eigenvalue weighted by molar-refractivity contribution is -0.138. The third kappa shape index (κ3) is 17.4. The summed E-state index contributed by atoms with van der Waals surface area (Å²) in [5.74, 6) is -0.414. The molecule has 3 heteroatoms. The van der Waals surface area contributed by atoms with E-state index in [-0.39, 0.29) is 12.7 Å². The third-order valence-corrected chi connectivity index (χ3v) is 4.25. The first-order valence-electron chi connectivity index (χ1n) is 9.68. The van der Waals surface area contributed by atoms with Crippen molar-refractivity contribution in [2.75, 3.05) is 6.61 Å². The maximum atomic E-state index is 10.8. The summed E-state index contributed by atoms with van der Waals surface area (Å²) in [7, 11) is 0. The van der Waals surface area contributed by atoms with E-state index in [0.29, 0.717) is 6.42 Å². The van der Waals surface area contributed by atoms with E-state index in [0.717, 1.165) is 18.9 Å². The maximum Gasteiger partial charge on any atom is 0.330 e. The summed E-state index contributed by atoms with van der Waals surface area (Å²) < 4.78 is 4.86. The molecule has 0 radical (unpaired) electrons. The first-order valence-corrected chi connectivity index (χ1v) is 9.68. The van der Waals surface area contributed by atoms with Crippen LogP contribution in [0.25, 0.3) is 0 Å². The minimum absolute atomic E-state index is 0.282. The monoisotopic (exact) mass is 326 g/mol. The molecule has 0 saturated carbocycles. The Kier molecular flexibility index (Phi) is 16.9. The number of esters is 1. The average Bonchev–Trinajstić information content (AvgIpc) is 2.55. The van der Waals surface area contributed by atoms with Gasteiger partial charge >= 0.3 is 5.97 Å². The van der Waals surface area contributed by atoms with Crippen molar-refractivity contribution in [2.45, 2.75) is 103 Å². The molecule has 0 heterocycles. The fraction of sp³-hybridized carbons (Fsp3) is 0.850. The second-order valence-electron chi connectivity index (χ2n) is 6.49. The number of hydrogen-bond donors (Lipinski definition) is 1. The van der Waals surface area contributed by atoms with Crippen LogP contribution < -0.4 is 0 Å². The quantitative estimate of drug-likeness (QED) is 0.216. The van der Waals surface area contributed by atoms with Crippen LogP contribution in [0.1, 0.15) is 96.8 Å². The molecule has 1 unspecified atom stereocenters. The molecule has 0 saturated heterocycles. The molecule has 1 atom stereocenters. The SMILES string of the molecule is C=CC(=O)OCCC(O)CCCCCCCCCCCCCC. The Morgan fingerprint density at radius 3 is 1.87 bits per heavy atom. The molecule has 0 rings (SSSR count). The molecular weight excluding hydrogens is 288 g/mol. The van der Waals surface area contributed by atoms with E-state index >= 15 is 0 Å². The zero-order chi connectivity index (χ0) is 17.2. The molecule has 0 bridgehead atoms. The van der Waals surface area contributed by atoms with Gasteiger partial charge in [0.1, 0.15) is 0 Å². The molecule has 0 aromatic heterocycles. The molecule has 23 heavy (non-hydrogen) atoms. The van der Waals surface area contributed by atoms with Crippen molar-refractivity contribution in [2.24, 2.45) is 0 Å². The van der Waals surface area contributed by atoms with E-state index in [1.54, 1.807) is 0 Å². The smallest absolute Gasteiger partial charge is 0.330 e. The van der Waals surface area contributed by atoms with Gasteiger partial charge in [-0.2, -0.15) is 0 Å². The van der Waals surface area contributed by atoms with Gasteiger partial charge < -0.3 is 9.84 Å². The van der Waals surface area contributed by atoms with E-state index in [4.69, 9.17) is 4.74 Å². The highest BCUT2D eigenvalue weighted by molar-refractivity contribution is 5.81. The van der Waals surface area contributed by atoms with Gasteiger partial charge in [0, 0.05) is 12.5 Å². The normalized spacial score (nSPS) is 12.1. The van der Waals surface area contributed by atoms with Gasteiger partial charge in [0.15, 0.2) is 0 Å². The fourth-order valence-corrected chi connectivity index (χ4v) is 2.72. The van der Waals surface area contributed by atoms with Gasteiger partial charge in [0.2, 0.25) is 0 Å². The molecule has 0 aromatic carbocycles. The minimum atomic E-state index is -0.414. The van der Waals surface area contributed by atoms with Crippen molar-refractivity contribution in [3.05, 3.63) is 12.7 Å². The zero-order valence-corrected chi connectivity index (χ0v) is 15.2. The molecule has 136 valence electrons. The molecular formula is C20H38O3. The van der Waals surface area contributed by atoms with Crippen LogP contribution in [0.5, 0.6) is 0 Å². The summed E-state index contributed by atoms with van der Waals surface area (Å²) in [6, 6.07) is 0. The summed E-state index contributed by atoms with van der Waals surface area (Å²) >= 11 is 0. The number of aliphatic hydroxyl groups excluding tert-OH is 1. The number of ether oxygens (including phenoxy) is 1. The van der Waals surface area contributed by atoms with Crippen LogP contribution in [0.15, 0.2) is 12.7 Å². The summed E-state index contributed by atoms with van der Waals surface area (Å²) in [4.78, 5) is 10.8. The van der Waals surface area contributed by atoms with Crippen molar-refractivity contribution < 1.29 is 14.6 Å². The van der Waals surface area contributed by atoms with Gasteiger partial charge in [-0.15, -0.1) is 0 Å². The van der Waals surface area contributed by atoms with Gasteiger partial charge in [0.25, 0.3) is 0 Å². The third-order valence-electron chi connectivity index (χ3n) is 4.25. The molecule has 0 aliphatic carbocycles. The molecule has 0 aliphatic rings. The van der Waals surface area contributed by atoms with Crippen molar-refractivity contribution in [3.63, 3.8) is 0 Å². The van der Waals surface area contributed by atoms with Gasteiger partial charge in [0.05, 0.1) is 12.7 Å². The Hall–Kier alpha value is -0.830. The van der Waals surface area contributed by atoms with Crippen LogP contribution in [0.4, 0.5) is 0 Å². The molecule has 0 aliphatic heterocycles. The Balaban J connectivity index is 3.17. The molecule has 1 N–H and O–H groups in total. The molecule has 0 fully saturated rings. The minimum Gasteiger partial charge on any atom is -0.462 e. The van der Waals surface area contributed by atoms with E-state index < -0.39 is 5.97 Å². The highest BCUT2D eigenvalue weighted by Crippen LogP contribution is 2.13. The van der Waals surface area contributed by atoms with Crippen LogP contribution >= 0.6 is 0 Å². The summed E-state index contributed by atoms with van der Waals surface area (Å²) in [5, 5.41) is 9.78. The first-order chi connectivity index (χ1) is 11.2. The van der Waals surface area contributed by atoms with E-state index in [1.807, 2.05) is 0 Å². The number of carbonyl (C=O) groups is 1. The van der Waals surface area contributed by atoms with E-state index in [9.17, 15) is 9.90 Å². The lowest BCUT2D eigenvalue weighted by Crippen LogP contribution is -2.12. The highest BCUT2D eigenvalue weighted by Gasteiger charge is 2.05. The Labute approximate surface area is 143 Å². The standard InChI is InChI=1S/C20H38O3/c1-3-5-6-7-8-9-10-11-12-13-14-15-16-19(21)17-18-23-20(22)4-2/h4,19,21H,2-3,5-18H2,1H3. The van der Waals surface area contributed by atoms with Crippen LogP contribution in [0.3, 0.4) is 0 Å². The van der Waals surface area contributed by atoms with Gasteiger partial charge in [-0.25, -0.2) is 4.79 Å². The lowest BCUT2D eigenvalue weighted by Gasteiger charge is -2.10. The van der Waals surface area contributed by atoms with Crippen LogP contribution in [-0.4, -0.2) is 23.8 Å². The van der Waals surface area contributed by atoms with Crippen molar-refractivity contribution in [1.82, 2.24) is 0 Å². The van der Waals surface area contributed by atoms with Crippen LogP contribution in [0, 0.1) is 0 Å². The van der Waals surface area contributed by atoms with Gasteiger partial charge in [-0.1, -0.05) is 90.6 Å². The molecule has 0 aromatic rings. The second-order valence-corrected chi connectivity index (χ2v) is 6.49. The highest BCUT2D eigenvalue weighted by atomic mass is 16.5. The number of rotatable bonds is 17. The van der Waals surface area contributed by atoms with Gasteiger partial charge in [-0.3, -0.25) is 0 Å². The topological polar surface area (TPSA) is 46.5 Å². The van der Waals surface area contributed by atoms with Crippen molar-refractivity contribution >= 4 is 5.97 Å². The average molecular weight is 327 g/mol. The first kappa shape index (κ1) is 22.2. The number of aliphatic hydroxyl groups is 1. The Bertz CT molecular complexity index is 276. The fourth-order valence-electron chi connectivity index (χ4n) is 2.72. The van der Waals surface area contributed by atoms with E-state index in [2.05, 4.69) is 13.5 Å². The summed E-state index contributed by atoms with van der Waals surface area (Å²) in [5.41, 5.74) is 0. The van der Waals surface area contributed by atoms with Crippen LogP contribution in [-0.2, 0) is 9.53 Å².